The smallest absolute Gasteiger partial charge is 0.194 e. The molecule has 1 aromatic heterocycles. The van der Waals surface area contributed by atoms with Crippen molar-refractivity contribution in [1.82, 2.24) is 25.0 Å². The Morgan fingerprint density at radius 1 is 1.18 bits per heavy atom. The number of aryl methyl sites for hydroxylation is 2. The van der Waals surface area contributed by atoms with Crippen molar-refractivity contribution in [2.24, 2.45) is 4.99 Å². The van der Waals surface area contributed by atoms with E-state index in [9.17, 15) is 0 Å². The molecule has 0 saturated carbocycles. The van der Waals surface area contributed by atoms with Crippen molar-refractivity contribution in [2.75, 3.05) is 26.2 Å². The zero-order valence-electron chi connectivity index (χ0n) is 19.6. The summed E-state index contributed by atoms with van der Waals surface area (Å²) in [4.78, 5) is 11.3. The van der Waals surface area contributed by atoms with Gasteiger partial charge in [0.1, 0.15) is 18.8 Å². The maximum absolute atomic E-state index is 6.13. The highest BCUT2D eigenvalue weighted by Gasteiger charge is 2.25. The fourth-order valence-electron chi connectivity index (χ4n) is 4.14. The number of morpholine rings is 1. The summed E-state index contributed by atoms with van der Waals surface area (Å²) in [6.45, 7) is 10.9. The van der Waals surface area contributed by atoms with E-state index in [2.05, 4.69) is 83.5 Å². The molecule has 2 heterocycles. The Morgan fingerprint density at radius 3 is 2.79 bits per heavy atom. The molecular formula is C25H33IN6O. The van der Waals surface area contributed by atoms with E-state index in [-0.39, 0.29) is 30.1 Å². The average molecular weight is 560 g/mol. The number of aromatic nitrogens is 3. The van der Waals surface area contributed by atoms with Crippen LogP contribution in [0.25, 0.3) is 0 Å². The minimum atomic E-state index is 0. The molecule has 1 fully saturated rings. The van der Waals surface area contributed by atoms with Crippen LogP contribution in [-0.4, -0.2) is 51.9 Å². The van der Waals surface area contributed by atoms with Crippen LogP contribution in [0.1, 0.15) is 40.8 Å². The molecule has 176 valence electrons. The van der Waals surface area contributed by atoms with E-state index in [1.807, 2.05) is 4.68 Å². The van der Waals surface area contributed by atoms with Crippen LogP contribution in [0.2, 0.25) is 0 Å². The zero-order chi connectivity index (χ0) is 22.3. The van der Waals surface area contributed by atoms with Gasteiger partial charge in [-0.05, 0) is 43.0 Å². The Balaban J connectivity index is 0.00000306. The summed E-state index contributed by atoms with van der Waals surface area (Å²) in [5.74, 6) is 0.937. The average Bonchev–Trinajstić information content (AvgIpc) is 3.30. The molecule has 4 rings (SSSR count). The lowest BCUT2D eigenvalue weighted by Crippen LogP contribution is -2.48. The van der Waals surface area contributed by atoms with Crippen LogP contribution >= 0.6 is 24.0 Å². The molecule has 0 aliphatic carbocycles. The predicted octanol–water partition coefficient (Wildman–Crippen LogP) is 4.10. The van der Waals surface area contributed by atoms with E-state index in [0.717, 1.165) is 25.6 Å². The summed E-state index contributed by atoms with van der Waals surface area (Å²) >= 11 is 0. The first-order valence-corrected chi connectivity index (χ1v) is 11.2. The topological polar surface area (TPSA) is 67.6 Å². The van der Waals surface area contributed by atoms with E-state index in [4.69, 9.17) is 9.73 Å². The molecule has 1 N–H and O–H groups in total. The van der Waals surface area contributed by atoms with Gasteiger partial charge in [-0.25, -0.2) is 14.7 Å². The number of ether oxygens (including phenoxy) is 1. The second-order valence-corrected chi connectivity index (χ2v) is 8.25. The maximum Gasteiger partial charge on any atom is 0.194 e. The van der Waals surface area contributed by atoms with Gasteiger partial charge in [0.2, 0.25) is 0 Å². The van der Waals surface area contributed by atoms with E-state index < -0.39 is 0 Å². The summed E-state index contributed by atoms with van der Waals surface area (Å²) in [6, 6.07) is 15.1. The number of aliphatic imine (C=N–C) groups is 1. The molecule has 1 atom stereocenters. The highest BCUT2D eigenvalue weighted by molar-refractivity contribution is 14.0. The van der Waals surface area contributed by atoms with Crippen LogP contribution in [-0.2, 0) is 17.8 Å². The lowest BCUT2D eigenvalue weighted by molar-refractivity contribution is -0.00834. The molecule has 1 aliphatic heterocycles. The maximum atomic E-state index is 6.13. The van der Waals surface area contributed by atoms with Gasteiger partial charge < -0.3 is 15.0 Å². The fraction of sp³-hybridized carbons (Fsp3) is 0.400. The Kier molecular flexibility index (Phi) is 9.25. The Labute approximate surface area is 213 Å². The van der Waals surface area contributed by atoms with Crippen molar-refractivity contribution in [1.29, 1.82) is 0 Å². The van der Waals surface area contributed by atoms with Crippen LogP contribution in [0, 0.1) is 13.8 Å². The summed E-state index contributed by atoms with van der Waals surface area (Å²) in [5.41, 5.74) is 6.19. The van der Waals surface area contributed by atoms with Gasteiger partial charge in [0.25, 0.3) is 0 Å². The zero-order valence-corrected chi connectivity index (χ0v) is 21.9. The molecule has 7 nitrogen and oxygen atoms in total. The van der Waals surface area contributed by atoms with E-state index >= 15 is 0 Å². The summed E-state index contributed by atoms with van der Waals surface area (Å²) in [5, 5.41) is 7.66. The van der Waals surface area contributed by atoms with Gasteiger partial charge in [-0.1, -0.05) is 48.0 Å². The molecule has 0 radical (unpaired) electrons. The molecule has 1 unspecified atom stereocenters. The van der Waals surface area contributed by atoms with Crippen LogP contribution < -0.4 is 5.32 Å². The van der Waals surface area contributed by atoms with E-state index in [0.29, 0.717) is 19.7 Å². The quantitative estimate of drug-likeness (QED) is 0.280. The molecule has 1 saturated heterocycles. The summed E-state index contributed by atoms with van der Waals surface area (Å²) < 4.78 is 7.96. The van der Waals surface area contributed by atoms with Crippen LogP contribution in [0.4, 0.5) is 0 Å². The largest absolute Gasteiger partial charge is 0.370 e. The first-order valence-electron chi connectivity index (χ1n) is 11.2. The summed E-state index contributed by atoms with van der Waals surface area (Å²) in [7, 11) is 0. The molecule has 33 heavy (non-hydrogen) atoms. The van der Waals surface area contributed by atoms with Gasteiger partial charge >= 0.3 is 0 Å². The lowest BCUT2D eigenvalue weighted by atomic mass is 10.00. The Bertz CT molecular complexity index is 1050. The normalized spacial score (nSPS) is 16.4. The third kappa shape index (κ3) is 6.77. The van der Waals surface area contributed by atoms with Gasteiger partial charge in [-0.2, -0.15) is 5.10 Å². The Hall–Kier alpha value is -2.46. The fourth-order valence-corrected chi connectivity index (χ4v) is 4.14. The predicted molar refractivity (Wildman–Crippen MR) is 142 cm³/mol. The molecule has 0 spiro atoms. The van der Waals surface area contributed by atoms with Crippen LogP contribution in [0.15, 0.2) is 60.1 Å². The molecule has 3 aromatic rings. The Morgan fingerprint density at radius 2 is 2.03 bits per heavy atom. The monoisotopic (exact) mass is 560 g/mol. The number of halogens is 1. The first kappa shape index (κ1) is 25.2. The molecule has 8 heteroatoms. The minimum absolute atomic E-state index is 0. The van der Waals surface area contributed by atoms with Crippen molar-refractivity contribution in [3.63, 3.8) is 0 Å². The van der Waals surface area contributed by atoms with Crippen molar-refractivity contribution < 1.29 is 4.74 Å². The number of nitrogens with zero attached hydrogens (tertiary/aromatic N) is 5. The van der Waals surface area contributed by atoms with Gasteiger partial charge in [-0.15, -0.1) is 24.0 Å². The van der Waals surface area contributed by atoms with Crippen molar-refractivity contribution in [3.8, 4) is 0 Å². The van der Waals surface area contributed by atoms with Gasteiger partial charge in [-0.3, -0.25) is 0 Å². The molecule has 0 bridgehead atoms. The first-order chi connectivity index (χ1) is 15.6. The lowest BCUT2D eigenvalue weighted by Gasteiger charge is -2.36. The van der Waals surface area contributed by atoms with Crippen LogP contribution in [0.3, 0.4) is 0 Å². The van der Waals surface area contributed by atoms with Gasteiger partial charge in [0.05, 0.1) is 26.2 Å². The van der Waals surface area contributed by atoms with Gasteiger partial charge in [0.15, 0.2) is 5.96 Å². The van der Waals surface area contributed by atoms with Crippen molar-refractivity contribution in [3.05, 3.63) is 82.9 Å². The highest BCUT2D eigenvalue weighted by atomic mass is 127. The number of benzene rings is 2. The molecule has 1 aliphatic rings. The van der Waals surface area contributed by atoms with Crippen molar-refractivity contribution >= 4 is 29.9 Å². The molecule has 2 aromatic carbocycles. The third-order valence-corrected chi connectivity index (χ3v) is 5.69. The number of nitrogens with one attached hydrogen (secondary N) is 1. The van der Waals surface area contributed by atoms with Gasteiger partial charge in [0, 0.05) is 13.1 Å². The van der Waals surface area contributed by atoms with E-state index in [1.54, 1.807) is 12.7 Å². The SMILES string of the molecule is CCNC(=NCc1cccc(Cn2cncn2)c1)N1CCOC(c2ccc(C)cc2C)C1.I. The van der Waals surface area contributed by atoms with Crippen molar-refractivity contribution in [2.45, 2.75) is 40.0 Å². The molecule has 0 amide bonds. The number of hydrogen-bond acceptors (Lipinski definition) is 4. The van der Waals surface area contributed by atoms with E-state index in [1.165, 1.54) is 27.8 Å². The minimum Gasteiger partial charge on any atom is -0.370 e. The summed E-state index contributed by atoms with van der Waals surface area (Å²) in [6.07, 6.45) is 3.35. The third-order valence-electron chi connectivity index (χ3n) is 5.69. The standard InChI is InChI=1S/C25H32N6O.HI/c1-4-27-25(28-14-21-6-5-7-22(13-21)15-31-18-26-17-29-31)30-10-11-32-24(16-30)23-9-8-19(2)12-20(23)3;/h5-9,12-13,17-18,24H,4,10-11,14-16H2,1-3H3,(H,27,28);1H. The number of guanidine groups is 1. The molecular weight excluding hydrogens is 527 g/mol. The van der Waals surface area contributed by atoms with Crippen LogP contribution in [0.5, 0.6) is 0 Å². The highest BCUT2D eigenvalue weighted by Crippen LogP contribution is 2.26. The second-order valence-electron chi connectivity index (χ2n) is 8.25. The second kappa shape index (κ2) is 12.1. The number of hydrogen-bond donors (Lipinski definition) is 1. The number of rotatable bonds is 6.